The third-order valence-electron chi connectivity index (χ3n) is 3.87. The monoisotopic (exact) mass is 365 g/mol. The highest BCUT2D eigenvalue weighted by Gasteiger charge is 2.20. The Morgan fingerprint density at radius 2 is 1.92 bits per heavy atom. The van der Waals surface area contributed by atoms with E-state index in [1.165, 1.54) is 0 Å². The Morgan fingerprint density at radius 3 is 2.62 bits per heavy atom. The van der Waals surface area contributed by atoms with E-state index < -0.39 is 0 Å². The van der Waals surface area contributed by atoms with Crippen LogP contribution in [0.1, 0.15) is 6.92 Å². The van der Waals surface area contributed by atoms with Crippen LogP contribution >= 0.6 is 23.2 Å². The van der Waals surface area contributed by atoms with Crippen molar-refractivity contribution < 1.29 is 4.79 Å². The second-order valence-electron chi connectivity index (χ2n) is 5.46. The van der Waals surface area contributed by atoms with E-state index in [-0.39, 0.29) is 5.91 Å². The molecule has 1 aromatic heterocycles. The lowest BCUT2D eigenvalue weighted by Gasteiger charge is -2.34. The first-order chi connectivity index (χ1) is 11.5. The van der Waals surface area contributed by atoms with Gasteiger partial charge in [0.1, 0.15) is 5.82 Å². The summed E-state index contributed by atoms with van der Waals surface area (Å²) in [6, 6.07) is 7.16. The van der Waals surface area contributed by atoms with E-state index in [2.05, 4.69) is 20.2 Å². The molecule has 1 aromatic carbocycles. The molecule has 0 spiro atoms. The zero-order chi connectivity index (χ0) is 17.1. The highest BCUT2D eigenvalue weighted by atomic mass is 35.5. The van der Waals surface area contributed by atoms with Crippen molar-refractivity contribution >= 4 is 46.6 Å². The van der Waals surface area contributed by atoms with Crippen LogP contribution in [-0.2, 0) is 4.79 Å². The average Bonchev–Trinajstić information content (AvgIpc) is 2.59. The molecule has 0 unspecified atom stereocenters. The Balaban J connectivity index is 1.73. The quantitative estimate of drug-likeness (QED) is 0.904. The van der Waals surface area contributed by atoms with Gasteiger partial charge in [0.2, 0.25) is 11.9 Å². The first-order valence-electron chi connectivity index (χ1n) is 7.59. The van der Waals surface area contributed by atoms with E-state index in [1.54, 1.807) is 25.3 Å². The average molecular weight is 366 g/mol. The maximum atomic E-state index is 11.4. The van der Waals surface area contributed by atoms with Gasteiger partial charge in [-0.1, -0.05) is 29.3 Å². The Morgan fingerprint density at radius 1 is 1.17 bits per heavy atom. The molecule has 0 aliphatic carbocycles. The van der Waals surface area contributed by atoms with Gasteiger partial charge in [0.15, 0.2) is 0 Å². The number of benzene rings is 1. The first-order valence-corrected chi connectivity index (χ1v) is 8.35. The van der Waals surface area contributed by atoms with Crippen molar-refractivity contribution in [3.8, 4) is 0 Å². The van der Waals surface area contributed by atoms with Gasteiger partial charge >= 0.3 is 0 Å². The molecule has 126 valence electrons. The fraction of sp³-hybridized carbons (Fsp3) is 0.312. The number of aromatic nitrogens is 2. The van der Waals surface area contributed by atoms with Crippen molar-refractivity contribution in [2.75, 3.05) is 36.4 Å². The maximum Gasteiger partial charge on any atom is 0.227 e. The molecule has 1 aliphatic heterocycles. The lowest BCUT2D eigenvalue weighted by Crippen LogP contribution is -2.48. The zero-order valence-corrected chi connectivity index (χ0v) is 14.7. The van der Waals surface area contributed by atoms with Crippen LogP contribution in [0.15, 0.2) is 30.5 Å². The minimum Gasteiger partial charge on any atom is -0.339 e. The first kappa shape index (κ1) is 16.8. The Kier molecular flexibility index (Phi) is 5.06. The number of rotatable bonds is 3. The molecule has 0 bridgehead atoms. The van der Waals surface area contributed by atoms with E-state index in [9.17, 15) is 4.79 Å². The standard InChI is InChI=1S/C16H17Cl2N5O/c1-11(24)22-7-9-23(10-8-22)16-19-6-5-14(21-16)20-13-4-2-3-12(17)15(13)18/h2-6H,7-10H2,1H3,(H,19,20,21). The molecular weight excluding hydrogens is 349 g/mol. The summed E-state index contributed by atoms with van der Waals surface area (Å²) in [6.07, 6.45) is 1.69. The molecule has 24 heavy (non-hydrogen) atoms. The van der Waals surface area contributed by atoms with Gasteiger partial charge in [-0.25, -0.2) is 4.98 Å². The van der Waals surface area contributed by atoms with E-state index in [0.29, 0.717) is 53.7 Å². The van der Waals surface area contributed by atoms with Crippen molar-refractivity contribution in [1.29, 1.82) is 0 Å². The molecule has 1 N–H and O–H groups in total. The molecular formula is C16H17Cl2N5O. The summed E-state index contributed by atoms with van der Waals surface area (Å²) in [5.41, 5.74) is 0.690. The number of halogens is 2. The normalized spacial score (nSPS) is 14.6. The van der Waals surface area contributed by atoms with E-state index in [4.69, 9.17) is 23.2 Å². The van der Waals surface area contributed by atoms with Crippen LogP contribution in [0.2, 0.25) is 10.0 Å². The van der Waals surface area contributed by atoms with E-state index in [0.717, 1.165) is 0 Å². The highest BCUT2D eigenvalue weighted by molar-refractivity contribution is 6.43. The van der Waals surface area contributed by atoms with Gasteiger partial charge in [0, 0.05) is 39.3 Å². The predicted molar refractivity (Wildman–Crippen MR) is 96.2 cm³/mol. The van der Waals surface area contributed by atoms with Crippen molar-refractivity contribution in [3.05, 3.63) is 40.5 Å². The van der Waals surface area contributed by atoms with Crippen LogP contribution in [0.5, 0.6) is 0 Å². The minimum atomic E-state index is 0.0987. The van der Waals surface area contributed by atoms with Crippen molar-refractivity contribution in [1.82, 2.24) is 14.9 Å². The number of nitrogens with one attached hydrogen (secondary N) is 1. The SMILES string of the molecule is CC(=O)N1CCN(c2nccc(Nc3cccc(Cl)c3Cl)n2)CC1. The molecule has 1 amide bonds. The zero-order valence-electron chi connectivity index (χ0n) is 13.2. The number of hydrogen-bond acceptors (Lipinski definition) is 5. The van der Waals surface area contributed by atoms with Crippen LogP contribution in [0.3, 0.4) is 0 Å². The van der Waals surface area contributed by atoms with Crippen molar-refractivity contribution in [3.63, 3.8) is 0 Å². The molecule has 8 heteroatoms. The van der Waals surface area contributed by atoms with Crippen LogP contribution in [0.25, 0.3) is 0 Å². The Bertz CT molecular complexity index is 747. The van der Waals surface area contributed by atoms with Crippen LogP contribution < -0.4 is 10.2 Å². The number of hydrogen-bond donors (Lipinski definition) is 1. The summed E-state index contributed by atoms with van der Waals surface area (Å²) < 4.78 is 0. The number of carbonyl (C=O) groups is 1. The van der Waals surface area contributed by atoms with Gasteiger partial charge in [-0.2, -0.15) is 4.98 Å². The molecule has 3 rings (SSSR count). The fourth-order valence-corrected chi connectivity index (χ4v) is 2.88. The lowest BCUT2D eigenvalue weighted by atomic mass is 10.3. The number of carbonyl (C=O) groups excluding carboxylic acids is 1. The van der Waals surface area contributed by atoms with Crippen LogP contribution in [0, 0.1) is 0 Å². The topological polar surface area (TPSA) is 61.4 Å². The van der Waals surface area contributed by atoms with Gasteiger partial charge in [0.25, 0.3) is 0 Å². The third kappa shape index (κ3) is 3.71. The number of amides is 1. The predicted octanol–water partition coefficient (Wildman–Crippen LogP) is 3.20. The summed E-state index contributed by atoms with van der Waals surface area (Å²) in [7, 11) is 0. The summed E-state index contributed by atoms with van der Waals surface area (Å²) in [5.74, 6) is 1.36. The van der Waals surface area contributed by atoms with E-state index >= 15 is 0 Å². The summed E-state index contributed by atoms with van der Waals surface area (Å²) in [5, 5.41) is 4.10. The molecule has 1 saturated heterocycles. The van der Waals surface area contributed by atoms with Gasteiger partial charge < -0.3 is 15.1 Å². The molecule has 2 aromatic rings. The largest absolute Gasteiger partial charge is 0.339 e. The second-order valence-corrected chi connectivity index (χ2v) is 6.25. The molecule has 6 nitrogen and oxygen atoms in total. The Labute approximate surface area is 150 Å². The lowest BCUT2D eigenvalue weighted by molar-refractivity contribution is -0.129. The minimum absolute atomic E-state index is 0.0987. The number of nitrogens with zero attached hydrogens (tertiary/aromatic N) is 4. The third-order valence-corrected chi connectivity index (χ3v) is 4.68. The molecule has 0 radical (unpaired) electrons. The Hall–Kier alpha value is -2.05. The summed E-state index contributed by atoms with van der Waals surface area (Å²) in [4.78, 5) is 24.1. The molecule has 0 saturated carbocycles. The van der Waals surface area contributed by atoms with E-state index in [1.807, 2.05) is 17.0 Å². The van der Waals surface area contributed by atoms with Gasteiger partial charge in [0.05, 0.1) is 15.7 Å². The smallest absolute Gasteiger partial charge is 0.227 e. The van der Waals surface area contributed by atoms with Gasteiger partial charge in [-0.05, 0) is 18.2 Å². The van der Waals surface area contributed by atoms with Crippen LogP contribution in [0.4, 0.5) is 17.5 Å². The molecule has 2 heterocycles. The fourth-order valence-electron chi connectivity index (χ4n) is 2.53. The van der Waals surface area contributed by atoms with Crippen LogP contribution in [-0.4, -0.2) is 47.0 Å². The van der Waals surface area contributed by atoms with Gasteiger partial charge in [-0.15, -0.1) is 0 Å². The molecule has 0 atom stereocenters. The molecule has 1 aliphatic rings. The van der Waals surface area contributed by atoms with Crippen molar-refractivity contribution in [2.24, 2.45) is 0 Å². The highest BCUT2D eigenvalue weighted by Crippen LogP contribution is 2.31. The van der Waals surface area contributed by atoms with Gasteiger partial charge in [-0.3, -0.25) is 4.79 Å². The number of piperazine rings is 1. The maximum absolute atomic E-state index is 11.4. The van der Waals surface area contributed by atoms with Crippen molar-refractivity contribution in [2.45, 2.75) is 6.92 Å². The second kappa shape index (κ2) is 7.23. The number of anilines is 3. The molecule has 1 fully saturated rings. The summed E-state index contributed by atoms with van der Waals surface area (Å²) >= 11 is 12.2. The summed E-state index contributed by atoms with van der Waals surface area (Å²) in [6.45, 7) is 4.36.